The van der Waals surface area contributed by atoms with Gasteiger partial charge in [0.1, 0.15) is 0 Å². The lowest BCUT2D eigenvalue weighted by Gasteiger charge is -2.16. The molecule has 1 aromatic carbocycles. The lowest BCUT2D eigenvalue weighted by Crippen LogP contribution is -2.23. The highest BCUT2D eigenvalue weighted by atomic mass is 15.3. The maximum atomic E-state index is 6.01. The first-order valence-corrected chi connectivity index (χ1v) is 7.64. The average molecular weight is 284 g/mol. The highest BCUT2D eigenvalue weighted by Gasteiger charge is 2.32. The number of hydrogen-bond acceptors (Lipinski definition) is 3. The molecule has 2 atom stereocenters. The van der Waals surface area contributed by atoms with Gasteiger partial charge in [0, 0.05) is 44.4 Å². The third kappa shape index (κ3) is 3.01. The average Bonchev–Trinajstić information content (AvgIpc) is 3.03. The summed E-state index contributed by atoms with van der Waals surface area (Å²) < 4.78 is 1.90. The highest BCUT2D eigenvalue weighted by Crippen LogP contribution is 2.32. The summed E-state index contributed by atoms with van der Waals surface area (Å²) in [5.41, 5.74) is 9.87. The molecule has 1 saturated heterocycles. The van der Waals surface area contributed by atoms with Crippen molar-refractivity contribution in [2.45, 2.75) is 19.4 Å². The Balaban J connectivity index is 1.74. The van der Waals surface area contributed by atoms with Gasteiger partial charge in [-0.2, -0.15) is 5.10 Å². The van der Waals surface area contributed by atoms with E-state index in [-0.39, 0.29) is 0 Å². The van der Waals surface area contributed by atoms with Crippen LogP contribution in [0.2, 0.25) is 0 Å². The van der Waals surface area contributed by atoms with Crippen molar-refractivity contribution >= 4 is 0 Å². The molecule has 1 fully saturated rings. The number of nitrogens with zero attached hydrogens (tertiary/aromatic N) is 3. The van der Waals surface area contributed by atoms with Crippen LogP contribution in [0.3, 0.4) is 0 Å². The standard InChI is InChI=1S/C17H24N4/c1-13-16(9-20(2)19-13)11-21-10-15(8-18)17(12-21)14-6-4-3-5-7-14/h3-7,9,15,17H,8,10-12,18H2,1-2H3/t15-,17+/m1/s1. The normalized spacial score (nSPS) is 22.8. The Hall–Kier alpha value is -1.65. The molecular weight excluding hydrogens is 260 g/mol. The second-order valence-electron chi connectivity index (χ2n) is 6.12. The number of aromatic nitrogens is 2. The van der Waals surface area contributed by atoms with Crippen LogP contribution in [0.15, 0.2) is 36.5 Å². The van der Waals surface area contributed by atoms with Crippen molar-refractivity contribution in [1.29, 1.82) is 0 Å². The second kappa shape index (κ2) is 6.00. The van der Waals surface area contributed by atoms with Gasteiger partial charge in [0.2, 0.25) is 0 Å². The Kier molecular flexibility index (Phi) is 4.08. The molecule has 0 radical (unpaired) electrons. The molecule has 1 aliphatic heterocycles. The van der Waals surface area contributed by atoms with Crippen molar-refractivity contribution in [3.63, 3.8) is 0 Å². The summed E-state index contributed by atoms with van der Waals surface area (Å²) in [4.78, 5) is 2.51. The zero-order chi connectivity index (χ0) is 14.8. The van der Waals surface area contributed by atoms with Crippen LogP contribution in [0.5, 0.6) is 0 Å². The van der Waals surface area contributed by atoms with E-state index in [1.165, 1.54) is 11.1 Å². The zero-order valence-electron chi connectivity index (χ0n) is 12.9. The van der Waals surface area contributed by atoms with Crippen molar-refractivity contribution < 1.29 is 0 Å². The fourth-order valence-corrected chi connectivity index (χ4v) is 3.45. The molecule has 0 saturated carbocycles. The SMILES string of the molecule is Cc1nn(C)cc1CN1C[C@@H](CN)[C@H](c2ccccc2)C1. The Bertz CT molecular complexity index is 590. The predicted octanol–water partition coefficient (Wildman–Crippen LogP) is 1.90. The number of hydrogen-bond donors (Lipinski definition) is 1. The molecule has 2 heterocycles. The number of benzene rings is 1. The molecule has 2 N–H and O–H groups in total. The van der Waals surface area contributed by atoms with Crippen LogP contribution >= 0.6 is 0 Å². The smallest absolute Gasteiger partial charge is 0.0638 e. The Morgan fingerprint density at radius 2 is 2.00 bits per heavy atom. The molecule has 0 unspecified atom stereocenters. The molecule has 0 aliphatic carbocycles. The summed E-state index contributed by atoms with van der Waals surface area (Å²) in [5.74, 6) is 1.09. The molecule has 0 spiro atoms. The number of rotatable bonds is 4. The number of aryl methyl sites for hydroxylation is 2. The maximum Gasteiger partial charge on any atom is 0.0638 e. The third-order valence-electron chi connectivity index (χ3n) is 4.56. The van der Waals surface area contributed by atoms with Crippen LogP contribution < -0.4 is 5.73 Å². The maximum absolute atomic E-state index is 6.01. The molecule has 4 heteroatoms. The molecule has 21 heavy (non-hydrogen) atoms. The van der Waals surface area contributed by atoms with Gasteiger partial charge in [-0.25, -0.2) is 0 Å². The van der Waals surface area contributed by atoms with Crippen molar-refractivity contribution in [1.82, 2.24) is 14.7 Å². The molecule has 0 bridgehead atoms. The van der Waals surface area contributed by atoms with Crippen LogP contribution in [0.4, 0.5) is 0 Å². The molecule has 1 aromatic heterocycles. The van der Waals surface area contributed by atoms with Crippen LogP contribution in [0.1, 0.15) is 22.7 Å². The lowest BCUT2D eigenvalue weighted by atomic mass is 9.89. The van der Waals surface area contributed by atoms with E-state index in [4.69, 9.17) is 5.73 Å². The van der Waals surface area contributed by atoms with E-state index in [2.05, 4.69) is 53.5 Å². The lowest BCUT2D eigenvalue weighted by molar-refractivity contribution is 0.316. The van der Waals surface area contributed by atoms with E-state index in [0.29, 0.717) is 11.8 Å². The monoisotopic (exact) mass is 284 g/mol. The van der Waals surface area contributed by atoms with Gasteiger partial charge in [-0.3, -0.25) is 9.58 Å². The van der Waals surface area contributed by atoms with Crippen LogP contribution in [0, 0.1) is 12.8 Å². The molecule has 2 aromatic rings. The first-order valence-electron chi connectivity index (χ1n) is 7.64. The van der Waals surface area contributed by atoms with Crippen molar-refractivity contribution in [3.8, 4) is 0 Å². The first-order chi connectivity index (χ1) is 10.2. The Morgan fingerprint density at radius 3 is 2.62 bits per heavy atom. The van der Waals surface area contributed by atoms with Crippen molar-refractivity contribution in [2.24, 2.45) is 18.7 Å². The van der Waals surface area contributed by atoms with E-state index in [1.807, 2.05) is 11.7 Å². The minimum absolute atomic E-state index is 0.546. The zero-order valence-corrected chi connectivity index (χ0v) is 12.9. The van der Waals surface area contributed by atoms with Gasteiger partial charge in [-0.15, -0.1) is 0 Å². The van der Waals surface area contributed by atoms with Gasteiger partial charge >= 0.3 is 0 Å². The summed E-state index contributed by atoms with van der Waals surface area (Å²) >= 11 is 0. The molecule has 1 aliphatic rings. The molecule has 112 valence electrons. The Morgan fingerprint density at radius 1 is 1.24 bits per heavy atom. The first kappa shape index (κ1) is 14.3. The van der Waals surface area contributed by atoms with Gasteiger partial charge in [0.25, 0.3) is 0 Å². The third-order valence-corrected chi connectivity index (χ3v) is 4.56. The highest BCUT2D eigenvalue weighted by molar-refractivity contribution is 5.23. The molecule has 3 rings (SSSR count). The molecule has 0 amide bonds. The van der Waals surface area contributed by atoms with E-state index >= 15 is 0 Å². The number of likely N-dealkylation sites (tertiary alicyclic amines) is 1. The molecular formula is C17H24N4. The summed E-state index contributed by atoms with van der Waals surface area (Å²) in [5, 5.41) is 4.43. The van der Waals surface area contributed by atoms with Gasteiger partial charge < -0.3 is 5.73 Å². The van der Waals surface area contributed by atoms with E-state index in [1.54, 1.807) is 0 Å². The van der Waals surface area contributed by atoms with Crippen molar-refractivity contribution in [3.05, 3.63) is 53.3 Å². The summed E-state index contributed by atoms with van der Waals surface area (Å²) in [7, 11) is 1.98. The van der Waals surface area contributed by atoms with E-state index in [0.717, 1.165) is 31.9 Å². The Labute approximate surface area is 126 Å². The minimum atomic E-state index is 0.546. The van der Waals surface area contributed by atoms with Crippen LogP contribution in [-0.2, 0) is 13.6 Å². The summed E-state index contributed by atoms with van der Waals surface area (Å²) in [6.07, 6.45) is 2.13. The van der Waals surface area contributed by atoms with Gasteiger partial charge in [0.05, 0.1) is 5.69 Å². The fourth-order valence-electron chi connectivity index (χ4n) is 3.45. The quantitative estimate of drug-likeness (QED) is 0.933. The predicted molar refractivity (Wildman–Crippen MR) is 84.9 cm³/mol. The number of nitrogens with two attached hydrogens (primary N) is 1. The molecule has 4 nitrogen and oxygen atoms in total. The van der Waals surface area contributed by atoms with Crippen LogP contribution in [-0.4, -0.2) is 34.3 Å². The minimum Gasteiger partial charge on any atom is -0.330 e. The second-order valence-corrected chi connectivity index (χ2v) is 6.12. The summed E-state index contributed by atoms with van der Waals surface area (Å²) in [6, 6.07) is 10.8. The van der Waals surface area contributed by atoms with Gasteiger partial charge in [-0.1, -0.05) is 30.3 Å². The summed E-state index contributed by atoms with van der Waals surface area (Å²) in [6.45, 7) is 5.96. The van der Waals surface area contributed by atoms with Gasteiger partial charge in [0.15, 0.2) is 0 Å². The van der Waals surface area contributed by atoms with Crippen LogP contribution in [0.25, 0.3) is 0 Å². The van der Waals surface area contributed by atoms with Crippen molar-refractivity contribution in [2.75, 3.05) is 19.6 Å². The van der Waals surface area contributed by atoms with Gasteiger partial charge in [-0.05, 0) is 24.9 Å². The van der Waals surface area contributed by atoms with E-state index in [9.17, 15) is 0 Å². The fraction of sp³-hybridized carbons (Fsp3) is 0.471. The van der Waals surface area contributed by atoms with E-state index < -0.39 is 0 Å². The largest absolute Gasteiger partial charge is 0.330 e. The topological polar surface area (TPSA) is 47.1 Å².